The number of anilines is 1. The largest absolute Gasteiger partial charge is 0.454 e. The van der Waals surface area contributed by atoms with E-state index in [1.807, 2.05) is 30.3 Å². The van der Waals surface area contributed by atoms with E-state index in [1.165, 1.54) is 0 Å². The maximum absolute atomic E-state index is 12.3. The van der Waals surface area contributed by atoms with Crippen molar-refractivity contribution in [3.05, 3.63) is 54.1 Å². The molecule has 2 aromatic rings. The summed E-state index contributed by atoms with van der Waals surface area (Å²) < 4.78 is 10.5. The lowest BCUT2D eigenvalue weighted by Gasteiger charge is -2.10. The van der Waals surface area contributed by atoms with Crippen LogP contribution in [0.25, 0.3) is 0 Å². The molecule has 2 heterocycles. The standard InChI is InChI=1S/C17H14N2O4/c20-17(18-12-6-7-14-15(8-12)22-10-21-14)16-9-13(19-23-16)11-4-2-1-3-5-11/h1-8,16H,9-10H2,(H,18,20)/t16-/m1/s1. The third-order valence-corrected chi connectivity index (χ3v) is 3.71. The molecule has 4 rings (SSSR count). The van der Waals surface area contributed by atoms with Gasteiger partial charge in [-0.2, -0.15) is 0 Å². The number of ether oxygens (including phenoxy) is 2. The first-order valence-corrected chi connectivity index (χ1v) is 7.28. The average Bonchev–Trinajstić information content (AvgIpc) is 3.24. The van der Waals surface area contributed by atoms with Gasteiger partial charge in [0.1, 0.15) is 0 Å². The smallest absolute Gasteiger partial charge is 0.268 e. The average molecular weight is 310 g/mol. The number of carbonyl (C=O) groups excluding carboxylic acids is 1. The van der Waals surface area contributed by atoms with E-state index in [-0.39, 0.29) is 12.7 Å². The molecule has 0 bridgehead atoms. The van der Waals surface area contributed by atoms with Crippen molar-refractivity contribution in [3.8, 4) is 11.5 Å². The van der Waals surface area contributed by atoms with Crippen molar-refractivity contribution in [2.24, 2.45) is 5.16 Å². The molecule has 1 N–H and O–H groups in total. The zero-order valence-electron chi connectivity index (χ0n) is 12.2. The molecule has 2 aliphatic rings. The van der Waals surface area contributed by atoms with E-state index in [9.17, 15) is 4.79 Å². The van der Waals surface area contributed by atoms with Crippen LogP contribution in [0.1, 0.15) is 12.0 Å². The summed E-state index contributed by atoms with van der Waals surface area (Å²) in [6.07, 6.45) is -0.184. The minimum absolute atomic E-state index is 0.201. The fourth-order valence-electron chi connectivity index (χ4n) is 2.52. The zero-order valence-corrected chi connectivity index (χ0v) is 12.2. The number of rotatable bonds is 3. The Morgan fingerprint density at radius 2 is 1.91 bits per heavy atom. The van der Waals surface area contributed by atoms with E-state index >= 15 is 0 Å². The van der Waals surface area contributed by atoms with Crippen molar-refractivity contribution in [2.75, 3.05) is 12.1 Å². The first-order valence-electron chi connectivity index (χ1n) is 7.28. The van der Waals surface area contributed by atoms with Crippen molar-refractivity contribution < 1.29 is 19.1 Å². The molecule has 1 atom stereocenters. The quantitative estimate of drug-likeness (QED) is 0.946. The Balaban J connectivity index is 1.41. The third kappa shape index (κ3) is 2.70. The molecule has 0 spiro atoms. The first-order chi connectivity index (χ1) is 11.3. The molecule has 6 nitrogen and oxygen atoms in total. The van der Waals surface area contributed by atoms with Gasteiger partial charge >= 0.3 is 0 Å². The Labute approximate surface area is 132 Å². The zero-order chi connectivity index (χ0) is 15.6. The lowest BCUT2D eigenvalue weighted by atomic mass is 10.0. The molecule has 23 heavy (non-hydrogen) atoms. The van der Waals surface area contributed by atoms with Crippen molar-refractivity contribution in [1.29, 1.82) is 0 Å². The maximum Gasteiger partial charge on any atom is 0.268 e. The maximum atomic E-state index is 12.3. The third-order valence-electron chi connectivity index (χ3n) is 3.71. The topological polar surface area (TPSA) is 69.2 Å². The summed E-state index contributed by atoms with van der Waals surface area (Å²) >= 11 is 0. The SMILES string of the molecule is O=C(Nc1ccc2c(c1)OCO2)[C@H]1CC(c2ccccc2)=NO1. The van der Waals surface area contributed by atoms with Crippen LogP contribution in [0.15, 0.2) is 53.7 Å². The number of hydrogen-bond acceptors (Lipinski definition) is 5. The number of oxime groups is 1. The molecular formula is C17H14N2O4. The van der Waals surface area contributed by atoms with Gasteiger partial charge in [-0.15, -0.1) is 0 Å². The van der Waals surface area contributed by atoms with Gasteiger partial charge in [-0.1, -0.05) is 35.5 Å². The van der Waals surface area contributed by atoms with Crippen molar-refractivity contribution >= 4 is 17.3 Å². The summed E-state index contributed by atoms with van der Waals surface area (Å²) in [6, 6.07) is 14.9. The fraction of sp³-hybridized carbons (Fsp3) is 0.176. The second-order valence-electron chi connectivity index (χ2n) is 5.26. The van der Waals surface area contributed by atoms with Gasteiger partial charge in [-0.25, -0.2) is 0 Å². The minimum atomic E-state index is -0.629. The summed E-state index contributed by atoms with van der Waals surface area (Å²) in [6.45, 7) is 0.201. The van der Waals surface area contributed by atoms with E-state index in [0.29, 0.717) is 23.6 Å². The van der Waals surface area contributed by atoms with Crippen LogP contribution in [0, 0.1) is 0 Å². The minimum Gasteiger partial charge on any atom is -0.454 e. The van der Waals surface area contributed by atoms with Crippen molar-refractivity contribution in [3.63, 3.8) is 0 Å². The van der Waals surface area contributed by atoms with Crippen LogP contribution in [0.4, 0.5) is 5.69 Å². The number of carbonyl (C=O) groups is 1. The number of nitrogens with zero attached hydrogens (tertiary/aromatic N) is 1. The molecular weight excluding hydrogens is 296 g/mol. The van der Waals surface area contributed by atoms with E-state index in [0.717, 1.165) is 11.3 Å². The molecule has 2 aromatic carbocycles. The monoisotopic (exact) mass is 310 g/mol. The lowest BCUT2D eigenvalue weighted by molar-refractivity contribution is -0.125. The number of fused-ring (bicyclic) bond motifs is 1. The molecule has 116 valence electrons. The Bertz CT molecular complexity index is 773. The van der Waals surface area contributed by atoms with Gasteiger partial charge in [0.2, 0.25) is 12.9 Å². The number of amides is 1. The molecule has 2 aliphatic heterocycles. The molecule has 0 saturated carbocycles. The Kier molecular flexibility index (Phi) is 3.34. The molecule has 1 amide bonds. The van der Waals surface area contributed by atoms with Gasteiger partial charge in [0.15, 0.2) is 11.5 Å². The molecule has 0 aromatic heterocycles. The number of hydrogen-bond donors (Lipinski definition) is 1. The summed E-state index contributed by atoms with van der Waals surface area (Å²) in [5, 5.41) is 6.83. The van der Waals surface area contributed by atoms with Crippen LogP contribution < -0.4 is 14.8 Å². The fourth-order valence-corrected chi connectivity index (χ4v) is 2.52. The molecule has 0 radical (unpaired) electrons. The van der Waals surface area contributed by atoms with E-state index in [2.05, 4.69) is 10.5 Å². The molecule has 0 saturated heterocycles. The summed E-state index contributed by atoms with van der Waals surface area (Å²) in [5.74, 6) is 1.06. The van der Waals surface area contributed by atoms with Crippen LogP contribution >= 0.6 is 0 Å². The predicted octanol–water partition coefficient (Wildman–Crippen LogP) is 2.55. The lowest BCUT2D eigenvalue weighted by Crippen LogP contribution is -2.28. The highest BCUT2D eigenvalue weighted by Crippen LogP contribution is 2.34. The van der Waals surface area contributed by atoms with Crippen molar-refractivity contribution in [2.45, 2.75) is 12.5 Å². The van der Waals surface area contributed by atoms with Gasteiger partial charge < -0.3 is 19.6 Å². The second-order valence-corrected chi connectivity index (χ2v) is 5.26. The van der Waals surface area contributed by atoms with Crippen LogP contribution in [0.5, 0.6) is 11.5 Å². The van der Waals surface area contributed by atoms with Crippen LogP contribution in [-0.4, -0.2) is 24.5 Å². The molecule has 0 aliphatic carbocycles. The van der Waals surface area contributed by atoms with Crippen LogP contribution in [-0.2, 0) is 9.63 Å². The highest BCUT2D eigenvalue weighted by molar-refractivity contribution is 6.06. The van der Waals surface area contributed by atoms with Gasteiger partial charge in [0, 0.05) is 18.2 Å². The Hall–Kier alpha value is -3.02. The predicted molar refractivity (Wildman–Crippen MR) is 83.7 cm³/mol. The van der Waals surface area contributed by atoms with Gasteiger partial charge in [-0.3, -0.25) is 4.79 Å². The summed E-state index contributed by atoms with van der Waals surface area (Å²) in [4.78, 5) is 17.6. The van der Waals surface area contributed by atoms with Gasteiger partial charge in [0.25, 0.3) is 5.91 Å². The Morgan fingerprint density at radius 1 is 1.09 bits per heavy atom. The highest BCUT2D eigenvalue weighted by atomic mass is 16.7. The normalized spacial score (nSPS) is 18.3. The van der Waals surface area contributed by atoms with E-state index < -0.39 is 6.10 Å². The van der Waals surface area contributed by atoms with Gasteiger partial charge in [0.05, 0.1) is 5.71 Å². The van der Waals surface area contributed by atoms with Crippen LogP contribution in [0.2, 0.25) is 0 Å². The second kappa shape index (κ2) is 5.64. The van der Waals surface area contributed by atoms with Gasteiger partial charge in [-0.05, 0) is 17.7 Å². The van der Waals surface area contributed by atoms with E-state index in [4.69, 9.17) is 14.3 Å². The Morgan fingerprint density at radius 3 is 2.78 bits per heavy atom. The summed E-state index contributed by atoms with van der Waals surface area (Å²) in [5.41, 5.74) is 2.37. The molecule has 6 heteroatoms. The van der Waals surface area contributed by atoms with E-state index in [1.54, 1.807) is 18.2 Å². The first kappa shape index (κ1) is 13.6. The highest BCUT2D eigenvalue weighted by Gasteiger charge is 2.29. The number of nitrogens with one attached hydrogen (secondary N) is 1. The molecule has 0 unspecified atom stereocenters. The number of benzene rings is 2. The van der Waals surface area contributed by atoms with Crippen molar-refractivity contribution in [1.82, 2.24) is 0 Å². The van der Waals surface area contributed by atoms with Crippen LogP contribution in [0.3, 0.4) is 0 Å². The molecule has 0 fully saturated rings. The summed E-state index contributed by atoms with van der Waals surface area (Å²) in [7, 11) is 0.